The van der Waals surface area contributed by atoms with Gasteiger partial charge in [0.25, 0.3) is 0 Å². The third kappa shape index (κ3) is 4.03. The molecule has 1 fully saturated rings. The lowest BCUT2D eigenvalue weighted by atomic mass is 9.98. The van der Waals surface area contributed by atoms with Crippen molar-refractivity contribution in [2.24, 2.45) is 5.92 Å². The quantitative estimate of drug-likeness (QED) is 0.873. The first-order valence-corrected chi connectivity index (χ1v) is 9.93. The smallest absolute Gasteiger partial charge is 0.243 e. The Labute approximate surface area is 153 Å². The standard InChI is InChI=1S/C19H20FN3O2S/c20-18-12-16(13-21)6-7-19(18)22-14-15-8-10-23(11-9-15)26(24,25)17-4-2-1-3-5-17/h1-7,12,15,22H,8-11,14H2. The summed E-state index contributed by atoms with van der Waals surface area (Å²) >= 11 is 0. The average molecular weight is 373 g/mol. The highest BCUT2D eigenvalue weighted by Gasteiger charge is 2.29. The van der Waals surface area contributed by atoms with Crippen LogP contribution in [0, 0.1) is 23.1 Å². The molecular weight excluding hydrogens is 353 g/mol. The molecule has 0 bridgehead atoms. The van der Waals surface area contributed by atoms with E-state index in [0.717, 1.165) is 12.8 Å². The van der Waals surface area contributed by atoms with Crippen molar-refractivity contribution >= 4 is 15.7 Å². The Hall–Kier alpha value is -2.43. The number of sulfonamides is 1. The minimum atomic E-state index is -3.44. The van der Waals surface area contributed by atoms with Gasteiger partial charge in [-0.3, -0.25) is 0 Å². The van der Waals surface area contributed by atoms with Gasteiger partial charge in [0.15, 0.2) is 0 Å². The first kappa shape index (κ1) is 18.4. The molecule has 2 aromatic rings. The van der Waals surface area contributed by atoms with E-state index in [4.69, 9.17) is 5.26 Å². The number of nitrogens with zero attached hydrogens (tertiary/aromatic N) is 2. The number of benzene rings is 2. The molecule has 0 amide bonds. The van der Waals surface area contributed by atoms with Crippen LogP contribution in [0.1, 0.15) is 18.4 Å². The zero-order chi connectivity index (χ0) is 18.6. The van der Waals surface area contributed by atoms with Crippen molar-refractivity contribution in [1.82, 2.24) is 4.31 Å². The summed E-state index contributed by atoms with van der Waals surface area (Å²) in [5.74, 6) is -0.180. The minimum Gasteiger partial charge on any atom is -0.382 e. The van der Waals surface area contributed by atoms with Crippen LogP contribution in [0.25, 0.3) is 0 Å². The fraction of sp³-hybridized carbons (Fsp3) is 0.316. The highest BCUT2D eigenvalue weighted by atomic mass is 32.2. The van der Waals surface area contributed by atoms with Crippen LogP contribution in [0.2, 0.25) is 0 Å². The summed E-state index contributed by atoms with van der Waals surface area (Å²) in [7, 11) is -3.44. The Kier molecular flexibility index (Phi) is 5.55. The molecule has 1 saturated heterocycles. The van der Waals surface area contributed by atoms with E-state index in [2.05, 4.69) is 5.32 Å². The van der Waals surface area contributed by atoms with Crippen molar-refractivity contribution in [2.75, 3.05) is 25.0 Å². The van der Waals surface area contributed by atoms with Gasteiger partial charge in [0, 0.05) is 19.6 Å². The molecule has 0 radical (unpaired) electrons. The van der Waals surface area contributed by atoms with Crippen LogP contribution in [0.4, 0.5) is 10.1 Å². The maximum Gasteiger partial charge on any atom is 0.243 e. The molecule has 0 unspecified atom stereocenters. The van der Waals surface area contributed by atoms with Gasteiger partial charge in [-0.15, -0.1) is 0 Å². The van der Waals surface area contributed by atoms with Crippen molar-refractivity contribution in [3.63, 3.8) is 0 Å². The summed E-state index contributed by atoms with van der Waals surface area (Å²) in [6.45, 7) is 1.49. The predicted molar refractivity (Wildman–Crippen MR) is 97.5 cm³/mol. The minimum absolute atomic E-state index is 0.271. The second-order valence-electron chi connectivity index (χ2n) is 6.35. The molecule has 3 rings (SSSR count). The number of halogens is 1. The Bertz CT molecular complexity index is 902. The zero-order valence-corrected chi connectivity index (χ0v) is 15.0. The summed E-state index contributed by atoms with van der Waals surface area (Å²) in [6.07, 6.45) is 1.44. The fourth-order valence-electron chi connectivity index (χ4n) is 3.08. The van der Waals surface area contributed by atoms with Crippen molar-refractivity contribution in [3.05, 3.63) is 59.9 Å². The Morgan fingerprint density at radius 1 is 1.15 bits per heavy atom. The van der Waals surface area contributed by atoms with Gasteiger partial charge in [-0.1, -0.05) is 18.2 Å². The predicted octanol–water partition coefficient (Wildman–Crippen LogP) is 3.21. The van der Waals surface area contributed by atoms with Crippen molar-refractivity contribution < 1.29 is 12.8 Å². The lowest BCUT2D eigenvalue weighted by Crippen LogP contribution is -2.39. The van der Waals surface area contributed by atoms with E-state index in [1.165, 1.54) is 10.4 Å². The molecule has 1 N–H and O–H groups in total. The molecule has 0 spiro atoms. The molecule has 0 aliphatic carbocycles. The van der Waals surface area contributed by atoms with Crippen molar-refractivity contribution in [1.29, 1.82) is 5.26 Å². The number of anilines is 1. The van der Waals surface area contributed by atoms with E-state index >= 15 is 0 Å². The van der Waals surface area contributed by atoms with Gasteiger partial charge < -0.3 is 5.32 Å². The lowest BCUT2D eigenvalue weighted by Gasteiger charge is -2.31. The topological polar surface area (TPSA) is 73.2 Å². The van der Waals surface area contributed by atoms with Gasteiger partial charge >= 0.3 is 0 Å². The van der Waals surface area contributed by atoms with Gasteiger partial charge in [0.2, 0.25) is 10.0 Å². The highest BCUT2D eigenvalue weighted by Crippen LogP contribution is 2.24. The number of nitrogens with one attached hydrogen (secondary N) is 1. The van der Waals surface area contributed by atoms with Gasteiger partial charge in [-0.2, -0.15) is 9.57 Å². The molecule has 1 aliphatic heterocycles. The number of piperidine rings is 1. The molecule has 7 heteroatoms. The summed E-state index contributed by atoms with van der Waals surface area (Å²) in [5, 5.41) is 11.8. The first-order chi connectivity index (χ1) is 12.5. The third-order valence-corrected chi connectivity index (χ3v) is 6.55. The van der Waals surface area contributed by atoms with Gasteiger partial charge in [0.05, 0.1) is 22.2 Å². The average Bonchev–Trinajstić information content (AvgIpc) is 2.68. The second-order valence-corrected chi connectivity index (χ2v) is 8.29. The van der Waals surface area contributed by atoms with Gasteiger partial charge in [0.1, 0.15) is 5.82 Å². The fourth-order valence-corrected chi connectivity index (χ4v) is 4.57. The largest absolute Gasteiger partial charge is 0.382 e. The van der Waals surface area contributed by atoms with Crippen molar-refractivity contribution in [2.45, 2.75) is 17.7 Å². The number of hydrogen-bond donors (Lipinski definition) is 1. The molecule has 2 aromatic carbocycles. The molecule has 1 aliphatic rings. The molecule has 5 nitrogen and oxygen atoms in total. The summed E-state index contributed by atoms with van der Waals surface area (Å²) in [4.78, 5) is 0.316. The highest BCUT2D eigenvalue weighted by molar-refractivity contribution is 7.89. The monoisotopic (exact) mass is 373 g/mol. The van der Waals surface area contributed by atoms with Crippen LogP contribution in [0.3, 0.4) is 0 Å². The second kappa shape index (κ2) is 7.85. The molecule has 0 atom stereocenters. The van der Waals surface area contributed by atoms with Gasteiger partial charge in [-0.25, -0.2) is 12.8 Å². The Morgan fingerprint density at radius 3 is 2.46 bits per heavy atom. The maximum atomic E-state index is 13.9. The van der Waals surface area contributed by atoms with Crippen LogP contribution in [0.15, 0.2) is 53.4 Å². The number of hydrogen-bond acceptors (Lipinski definition) is 4. The molecular formula is C19H20FN3O2S. The number of nitriles is 1. The Morgan fingerprint density at radius 2 is 1.85 bits per heavy atom. The van der Waals surface area contributed by atoms with Crippen LogP contribution in [-0.2, 0) is 10.0 Å². The SMILES string of the molecule is N#Cc1ccc(NCC2CCN(S(=O)(=O)c3ccccc3)CC2)c(F)c1. The van der Waals surface area contributed by atoms with E-state index in [1.54, 1.807) is 42.5 Å². The first-order valence-electron chi connectivity index (χ1n) is 8.49. The van der Waals surface area contributed by atoms with E-state index in [9.17, 15) is 12.8 Å². The summed E-state index contributed by atoms with van der Waals surface area (Å²) in [6, 6.07) is 14.7. The van der Waals surface area contributed by atoms with E-state index in [0.29, 0.717) is 30.2 Å². The third-order valence-electron chi connectivity index (χ3n) is 4.63. The summed E-state index contributed by atoms with van der Waals surface area (Å²) < 4.78 is 40.6. The lowest BCUT2D eigenvalue weighted by molar-refractivity contribution is 0.282. The van der Waals surface area contributed by atoms with E-state index in [1.807, 2.05) is 6.07 Å². The summed E-state index contributed by atoms with van der Waals surface area (Å²) in [5.41, 5.74) is 0.649. The normalized spacial score (nSPS) is 16.2. The molecule has 26 heavy (non-hydrogen) atoms. The molecule has 0 aromatic heterocycles. The number of rotatable bonds is 5. The molecule has 136 valence electrons. The Balaban J connectivity index is 1.55. The van der Waals surface area contributed by atoms with Crippen molar-refractivity contribution in [3.8, 4) is 6.07 Å². The van der Waals surface area contributed by atoms with Crippen LogP contribution in [-0.4, -0.2) is 32.4 Å². The van der Waals surface area contributed by atoms with E-state index < -0.39 is 15.8 Å². The van der Waals surface area contributed by atoms with Crippen LogP contribution in [0.5, 0.6) is 0 Å². The zero-order valence-electron chi connectivity index (χ0n) is 14.2. The molecule has 0 saturated carbocycles. The van der Waals surface area contributed by atoms with Crippen LogP contribution < -0.4 is 5.32 Å². The van der Waals surface area contributed by atoms with Gasteiger partial charge in [-0.05, 0) is 49.1 Å². The molecule has 1 heterocycles. The maximum absolute atomic E-state index is 13.9. The van der Waals surface area contributed by atoms with E-state index in [-0.39, 0.29) is 11.5 Å². The van der Waals surface area contributed by atoms with Crippen LogP contribution >= 0.6 is 0 Å².